The lowest BCUT2D eigenvalue weighted by molar-refractivity contribution is -0.117. The van der Waals surface area contributed by atoms with E-state index in [4.69, 9.17) is 0 Å². The van der Waals surface area contributed by atoms with E-state index in [9.17, 15) is 9.90 Å². The van der Waals surface area contributed by atoms with Crippen molar-refractivity contribution in [3.63, 3.8) is 0 Å². The Morgan fingerprint density at radius 2 is 2.00 bits per heavy atom. The van der Waals surface area contributed by atoms with E-state index in [1.807, 2.05) is 32.8 Å². The van der Waals surface area contributed by atoms with Crippen LogP contribution in [0.3, 0.4) is 0 Å². The van der Waals surface area contributed by atoms with E-state index >= 15 is 0 Å². The van der Waals surface area contributed by atoms with E-state index in [-0.39, 0.29) is 12.5 Å². The molecule has 15 heavy (non-hydrogen) atoms. The smallest absolute Gasteiger partial charge is 0.244 e. The molecule has 1 amide bonds. The quantitative estimate of drug-likeness (QED) is 0.651. The Balaban J connectivity index is 4.04. The van der Waals surface area contributed by atoms with Gasteiger partial charge in [-0.1, -0.05) is 5.57 Å². The number of hydrogen-bond donors (Lipinski definition) is 2. The summed E-state index contributed by atoms with van der Waals surface area (Å²) >= 11 is 0. The van der Waals surface area contributed by atoms with Crippen LogP contribution in [0.15, 0.2) is 11.6 Å². The van der Waals surface area contributed by atoms with Gasteiger partial charge in [-0.3, -0.25) is 4.79 Å². The largest absolute Gasteiger partial charge is 0.387 e. The normalized spacial score (nSPS) is 14.6. The van der Waals surface area contributed by atoms with Crippen molar-refractivity contribution in [1.29, 1.82) is 0 Å². The van der Waals surface area contributed by atoms with Gasteiger partial charge in [0, 0.05) is 19.2 Å². The molecule has 4 nitrogen and oxygen atoms in total. The maximum Gasteiger partial charge on any atom is 0.244 e. The number of allylic oxidation sites excluding steroid dienone is 1. The Morgan fingerprint density at radius 3 is 2.40 bits per heavy atom. The van der Waals surface area contributed by atoms with Crippen molar-refractivity contribution in [3.05, 3.63) is 11.6 Å². The standard InChI is InChI=1S/C11H22N2O2/c1-9(2)6-10(14)12-7-11(3,15)8-13(4)5/h6,15H,7-8H2,1-5H3,(H,12,14). The average Bonchev–Trinajstić information content (AvgIpc) is 1.97. The summed E-state index contributed by atoms with van der Waals surface area (Å²) in [5, 5.41) is 12.6. The molecule has 0 aromatic rings. The van der Waals surface area contributed by atoms with E-state index in [0.29, 0.717) is 6.54 Å². The predicted molar refractivity (Wildman–Crippen MR) is 61.6 cm³/mol. The molecule has 0 radical (unpaired) electrons. The van der Waals surface area contributed by atoms with Gasteiger partial charge in [0.15, 0.2) is 0 Å². The highest BCUT2D eigenvalue weighted by atomic mass is 16.3. The summed E-state index contributed by atoms with van der Waals surface area (Å²) in [6.45, 7) is 6.20. The second kappa shape index (κ2) is 5.88. The molecule has 0 saturated carbocycles. The minimum atomic E-state index is -0.894. The molecule has 0 aliphatic heterocycles. The third-order valence-corrected chi connectivity index (χ3v) is 1.72. The number of carbonyl (C=O) groups excluding carboxylic acids is 1. The van der Waals surface area contributed by atoms with Gasteiger partial charge in [-0.05, 0) is 34.9 Å². The summed E-state index contributed by atoms with van der Waals surface area (Å²) < 4.78 is 0. The molecule has 0 saturated heterocycles. The second-order valence-electron chi connectivity index (χ2n) is 4.67. The molecular weight excluding hydrogens is 192 g/mol. The van der Waals surface area contributed by atoms with Crippen LogP contribution in [0.1, 0.15) is 20.8 Å². The summed E-state index contributed by atoms with van der Waals surface area (Å²) in [6.07, 6.45) is 1.52. The van der Waals surface area contributed by atoms with Gasteiger partial charge in [0.2, 0.25) is 5.91 Å². The highest BCUT2D eigenvalue weighted by Gasteiger charge is 2.21. The summed E-state index contributed by atoms with van der Waals surface area (Å²) in [7, 11) is 3.76. The molecular formula is C11H22N2O2. The zero-order valence-electron chi connectivity index (χ0n) is 10.3. The fourth-order valence-corrected chi connectivity index (χ4v) is 1.33. The van der Waals surface area contributed by atoms with Gasteiger partial charge in [0.25, 0.3) is 0 Å². The summed E-state index contributed by atoms with van der Waals surface area (Å²) in [4.78, 5) is 13.2. The van der Waals surface area contributed by atoms with Crippen molar-refractivity contribution in [3.8, 4) is 0 Å². The second-order valence-corrected chi connectivity index (χ2v) is 4.67. The van der Waals surface area contributed by atoms with Crippen molar-refractivity contribution < 1.29 is 9.90 Å². The van der Waals surface area contributed by atoms with Crippen LogP contribution in [-0.2, 0) is 4.79 Å². The highest BCUT2D eigenvalue weighted by Crippen LogP contribution is 2.02. The van der Waals surface area contributed by atoms with Gasteiger partial charge in [-0.2, -0.15) is 0 Å². The summed E-state index contributed by atoms with van der Waals surface area (Å²) in [5.74, 6) is -0.158. The topological polar surface area (TPSA) is 52.6 Å². The maximum atomic E-state index is 11.3. The minimum absolute atomic E-state index is 0.158. The van der Waals surface area contributed by atoms with Gasteiger partial charge in [0.05, 0.1) is 5.60 Å². The van der Waals surface area contributed by atoms with E-state index in [1.54, 1.807) is 6.92 Å². The predicted octanol–water partition coefficient (Wildman–Crippen LogP) is 0.381. The third-order valence-electron chi connectivity index (χ3n) is 1.72. The molecule has 0 aliphatic rings. The molecule has 2 N–H and O–H groups in total. The SMILES string of the molecule is CC(C)=CC(=O)NCC(C)(O)CN(C)C. The zero-order valence-corrected chi connectivity index (χ0v) is 10.3. The van der Waals surface area contributed by atoms with Gasteiger partial charge in [0.1, 0.15) is 0 Å². The van der Waals surface area contributed by atoms with Crippen LogP contribution in [0.25, 0.3) is 0 Å². The Morgan fingerprint density at radius 1 is 1.47 bits per heavy atom. The number of nitrogens with zero attached hydrogens (tertiary/aromatic N) is 1. The van der Waals surface area contributed by atoms with E-state index < -0.39 is 5.60 Å². The Hall–Kier alpha value is -0.870. The highest BCUT2D eigenvalue weighted by molar-refractivity contribution is 5.88. The van der Waals surface area contributed by atoms with Crippen LogP contribution in [0.4, 0.5) is 0 Å². The lowest BCUT2D eigenvalue weighted by Gasteiger charge is -2.26. The molecule has 0 aromatic heterocycles. The molecule has 1 atom stereocenters. The molecule has 0 aliphatic carbocycles. The fraction of sp³-hybridized carbons (Fsp3) is 0.727. The summed E-state index contributed by atoms with van der Waals surface area (Å²) in [6, 6.07) is 0. The van der Waals surface area contributed by atoms with Crippen LogP contribution in [-0.4, -0.2) is 48.7 Å². The first-order chi connectivity index (χ1) is 6.73. The number of hydrogen-bond acceptors (Lipinski definition) is 3. The van der Waals surface area contributed by atoms with Gasteiger partial charge >= 0.3 is 0 Å². The minimum Gasteiger partial charge on any atom is -0.387 e. The van der Waals surface area contributed by atoms with Crippen LogP contribution in [0, 0.1) is 0 Å². The number of amides is 1. The van der Waals surface area contributed by atoms with E-state index in [0.717, 1.165) is 5.57 Å². The van der Waals surface area contributed by atoms with E-state index in [1.165, 1.54) is 6.08 Å². The first-order valence-corrected chi connectivity index (χ1v) is 5.03. The number of aliphatic hydroxyl groups is 1. The van der Waals surface area contributed by atoms with Gasteiger partial charge in [-0.25, -0.2) is 0 Å². The lowest BCUT2D eigenvalue weighted by Crippen LogP contribution is -2.46. The molecule has 0 fully saturated rings. The maximum absolute atomic E-state index is 11.3. The molecule has 4 heteroatoms. The van der Waals surface area contributed by atoms with Crippen LogP contribution in [0.5, 0.6) is 0 Å². The van der Waals surface area contributed by atoms with E-state index in [2.05, 4.69) is 5.32 Å². The number of likely N-dealkylation sites (N-methyl/N-ethyl adjacent to an activating group) is 1. The first kappa shape index (κ1) is 14.1. The molecule has 0 aromatic carbocycles. The lowest BCUT2D eigenvalue weighted by atomic mass is 10.1. The monoisotopic (exact) mass is 214 g/mol. The molecule has 0 rings (SSSR count). The fourth-order valence-electron chi connectivity index (χ4n) is 1.33. The Bertz CT molecular complexity index is 241. The number of carbonyl (C=O) groups is 1. The van der Waals surface area contributed by atoms with Gasteiger partial charge < -0.3 is 15.3 Å². The average molecular weight is 214 g/mol. The molecule has 1 unspecified atom stereocenters. The number of rotatable bonds is 5. The molecule has 0 heterocycles. The van der Waals surface area contributed by atoms with Crippen molar-refractivity contribution in [1.82, 2.24) is 10.2 Å². The van der Waals surface area contributed by atoms with Crippen molar-refractivity contribution in [2.75, 3.05) is 27.2 Å². The third kappa shape index (κ3) is 8.15. The number of nitrogens with one attached hydrogen (secondary N) is 1. The Labute approximate surface area is 92.0 Å². The van der Waals surface area contributed by atoms with Crippen LogP contribution in [0.2, 0.25) is 0 Å². The first-order valence-electron chi connectivity index (χ1n) is 5.03. The zero-order chi connectivity index (χ0) is 12.1. The van der Waals surface area contributed by atoms with Crippen molar-refractivity contribution in [2.45, 2.75) is 26.4 Å². The molecule has 0 spiro atoms. The van der Waals surface area contributed by atoms with Crippen molar-refractivity contribution in [2.24, 2.45) is 0 Å². The molecule has 88 valence electrons. The summed E-state index contributed by atoms with van der Waals surface area (Å²) in [5.41, 5.74) is 0.0500. The Kier molecular flexibility index (Phi) is 5.54. The van der Waals surface area contributed by atoms with Crippen LogP contribution >= 0.6 is 0 Å². The molecule has 0 bridgehead atoms. The van der Waals surface area contributed by atoms with Crippen molar-refractivity contribution >= 4 is 5.91 Å². The van der Waals surface area contributed by atoms with Crippen LogP contribution < -0.4 is 5.32 Å². The van der Waals surface area contributed by atoms with Gasteiger partial charge in [-0.15, -0.1) is 0 Å².